The number of aliphatic carboxylic acids is 1. The highest BCUT2D eigenvalue weighted by Crippen LogP contribution is 2.43. The molecule has 4 rings (SSSR count). The molecule has 0 aliphatic carbocycles. The van der Waals surface area contributed by atoms with Crippen LogP contribution >= 0.6 is 11.8 Å². The van der Waals surface area contributed by atoms with Crippen molar-refractivity contribution in [3.63, 3.8) is 0 Å². The number of para-hydroxylation sites is 1. The molecule has 0 spiro atoms. The zero-order valence-corrected chi connectivity index (χ0v) is 24.8. The predicted octanol–water partition coefficient (Wildman–Crippen LogP) is 4.80. The lowest BCUT2D eigenvalue weighted by Gasteiger charge is -2.35. The van der Waals surface area contributed by atoms with Crippen LogP contribution in [0.15, 0.2) is 48.7 Å². The number of primary amides is 1. The Morgan fingerprint density at radius 2 is 1.69 bits per heavy atom. The fraction of sp³-hybridized carbons (Fsp3) is 0.379. The molecular weight excluding hydrogens is 630 g/mol. The van der Waals surface area contributed by atoms with E-state index in [1.54, 1.807) is 37.5 Å². The summed E-state index contributed by atoms with van der Waals surface area (Å²) in [6.07, 6.45) is -9.31. The van der Waals surface area contributed by atoms with Crippen LogP contribution < -0.4 is 15.8 Å². The number of fused-ring (bicyclic) bond motifs is 1. The Morgan fingerprint density at radius 1 is 1.09 bits per heavy atom. The number of carbonyl (C=O) groups excluding carboxylic acids is 3. The molecule has 1 fully saturated rings. The SMILES string of the molecule is CN(C(=O)c1cc(C(F)(F)F)cc(C(F)(F)F)c1)C(CCC(=O)O)CC1=C[N+](C)(N[C@@]2(C(N)=O)CCSC2=O)c2ccccc21. The van der Waals surface area contributed by atoms with Gasteiger partial charge in [0, 0.05) is 48.0 Å². The summed E-state index contributed by atoms with van der Waals surface area (Å²) in [5, 5.41) is 8.90. The first kappa shape index (κ1) is 34.0. The van der Waals surface area contributed by atoms with Crippen LogP contribution in [0.2, 0.25) is 0 Å². The second-order valence-corrected chi connectivity index (χ2v) is 12.1. The van der Waals surface area contributed by atoms with Crippen molar-refractivity contribution in [3.05, 3.63) is 70.9 Å². The van der Waals surface area contributed by atoms with E-state index in [1.807, 2.05) is 0 Å². The van der Waals surface area contributed by atoms with Gasteiger partial charge in [0.1, 0.15) is 6.20 Å². The van der Waals surface area contributed by atoms with Gasteiger partial charge in [0.2, 0.25) is 10.7 Å². The number of alkyl halides is 6. The average Bonchev–Trinajstić information content (AvgIpc) is 3.45. The van der Waals surface area contributed by atoms with Crippen LogP contribution in [-0.4, -0.2) is 64.3 Å². The van der Waals surface area contributed by atoms with E-state index in [9.17, 15) is 50.6 Å². The molecule has 16 heteroatoms. The first-order chi connectivity index (χ1) is 20.8. The summed E-state index contributed by atoms with van der Waals surface area (Å²) in [5.74, 6) is -2.93. The Morgan fingerprint density at radius 3 is 2.20 bits per heavy atom. The molecule has 45 heavy (non-hydrogen) atoms. The molecule has 4 N–H and O–H groups in total. The van der Waals surface area contributed by atoms with Crippen LogP contribution in [0.5, 0.6) is 0 Å². The highest BCUT2D eigenvalue weighted by Gasteiger charge is 2.55. The lowest BCUT2D eigenvalue weighted by molar-refractivity contribution is -0.143. The number of amides is 2. The number of hydrogen-bond acceptors (Lipinski definition) is 6. The Hall–Kier alpha value is -3.89. The van der Waals surface area contributed by atoms with Gasteiger partial charge in [0.05, 0.1) is 18.2 Å². The van der Waals surface area contributed by atoms with Crippen molar-refractivity contribution >= 4 is 45.9 Å². The van der Waals surface area contributed by atoms with Crippen molar-refractivity contribution in [1.82, 2.24) is 14.9 Å². The highest BCUT2D eigenvalue weighted by atomic mass is 32.2. The van der Waals surface area contributed by atoms with E-state index in [-0.39, 0.29) is 29.9 Å². The summed E-state index contributed by atoms with van der Waals surface area (Å²) >= 11 is 0.953. The smallest absolute Gasteiger partial charge is 0.416 e. The van der Waals surface area contributed by atoms with Crippen LogP contribution in [0.3, 0.4) is 0 Å². The molecule has 2 aliphatic rings. The quantitative estimate of drug-likeness (QED) is 0.190. The summed E-state index contributed by atoms with van der Waals surface area (Å²) in [6.45, 7) is 0. The first-order valence-corrected chi connectivity index (χ1v) is 14.5. The number of hydrogen-bond donors (Lipinski definition) is 3. The van der Waals surface area contributed by atoms with Crippen molar-refractivity contribution in [2.75, 3.05) is 19.8 Å². The van der Waals surface area contributed by atoms with Gasteiger partial charge in [-0.3, -0.25) is 19.2 Å². The lowest BCUT2D eigenvalue weighted by Crippen LogP contribution is -2.69. The third-order valence-electron chi connectivity index (χ3n) is 7.92. The molecule has 0 saturated carbocycles. The number of nitrogens with zero attached hydrogens (tertiary/aromatic N) is 2. The normalized spacial score (nSPS) is 22.1. The van der Waals surface area contributed by atoms with Gasteiger partial charge in [-0.25, -0.2) is 0 Å². The van der Waals surface area contributed by atoms with Gasteiger partial charge in [0.25, 0.3) is 11.8 Å². The van der Waals surface area contributed by atoms with E-state index in [0.29, 0.717) is 34.7 Å². The average molecular weight is 660 g/mol. The predicted molar refractivity (Wildman–Crippen MR) is 153 cm³/mol. The van der Waals surface area contributed by atoms with E-state index in [1.165, 1.54) is 7.05 Å². The maximum atomic E-state index is 13.5. The number of carboxylic acids is 1. The minimum atomic E-state index is -5.17. The van der Waals surface area contributed by atoms with Gasteiger partial charge >= 0.3 is 18.3 Å². The Kier molecular flexibility index (Phi) is 9.17. The van der Waals surface area contributed by atoms with Gasteiger partial charge in [-0.1, -0.05) is 23.9 Å². The molecule has 0 radical (unpaired) electrons. The van der Waals surface area contributed by atoms with Gasteiger partial charge in [-0.05, 0) is 43.5 Å². The van der Waals surface area contributed by atoms with Gasteiger partial charge in [-0.15, -0.1) is 5.43 Å². The maximum absolute atomic E-state index is 13.5. The number of carboxylic acid groups (broad SMARTS) is 1. The van der Waals surface area contributed by atoms with E-state index in [4.69, 9.17) is 5.73 Å². The second-order valence-electron chi connectivity index (χ2n) is 11.0. The molecule has 2 unspecified atom stereocenters. The molecule has 2 amide bonds. The zero-order chi connectivity index (χ0) is 33.5. The van der Waals surface area contributed by atoms with Crippen LogP contribution in [0.1, 0.15) is 52.7 Å². The van der Waals surface area contributed by atoms with Crippen LogP contribution in [0.4, 0.5) is 32.0 Å². The zero-order valence-electron chi connectivity index (χ0n) is 24.0. The van der Waals surface area contributed by atoms with Gasteiger partial charge in [-0.2, -0.15) is 30.9 Å². The standard InChI is InChI=1S/C29H28F6N4O5S/c1-38(24(42)16-11-18(28(30,31)32)14-19(12-16)29(33,34)35)20(7-8-23(40)41)13-17-15-39(2,22-6-4-3-5-21(17)22)37-27(25(36)43)9-10-45-26(27)44/h3-6,11-12,14-15,20,37H,7-10,13H2,1-2H3,(H2-,36,40,41,43)/p+1/t20?,27-,39?/m1/s1. The van der Waals surface area contributed by atoms with Crippen LogP contribution in [-0.2, 0) is 26.7 Å². The van der Waals surface area contributed by atoms with E-state index in [0.717, 1.165) is 16.7 Å². The molecule has 3 atom stereocenters. The van der Waals surface area contributed by atoms with Gasteiger partial charge in [0.15, 0.2) is 5.69 Å². The summed E-state index contributed by atoms with van der Waals surface area (Å²) < 4.78 is 80.6. The number of nitrogens with two attached hydrogens (primary N) is 1. The fourth-order valence-electron chi connectivity index (χ4n) is 5.58. The first-order valence-electron chi connectivity index (χ1n) is 13.5. The van der Waals surface area contributed by atoms with Crippen molar-refractivity contribution in [1.29, 1.82) is 0 Å². The monoisotopic (exact) mass is 659 g/mol. The molecule has 9 nitrogen and oxygen atoms in total. The number of thioether (sulfide) groups is 1. The molecular formula is C29H29F6N4O5S+. The minimum absolute atomic E-state index is 0.0700. The van der Waals surface area contributed by atoms with E-state index < -0.39 is 69.9 Å². The van der Waals surface area contributed by atoms with Crippen molar-refractivity contribution in [2.24, 2.45) is 5.73 Å². The molecule has 1 saturated heterocycles. The lowest BCUT2D eigenvalue weighted by atomic mass is 9.95. The van der Waals surface area contributed by atoms with Crippen LogP contribution in [0.25, 0.3) is 5.57 Å². The third kappa shape index (κ3) is 6.87. The number of rotatable bonds is 10. The summed E-state index contributed by atoms with van der Waals surface area (Å²) in [4.78, 5) is 51.1. The van der Waals surface area contributed by atoms with Crippen molar-refractivity contribution in [2.45, 2.75) is 49.6 Å². The number of quaternary nitrogens is 1. The van der Waals surface area contributed by atoms with Crippen LogP contribution in [0, 0.1) is 0 Å². The second kappa shape index (κ2) is 12.1. The number of nitrogens with one attached hydrogen (secondary N) is 1. The topological polar surface area (TPSA) is 130 Å². The third-order valence-corrected chi connectivity index (χ3v) is 8.94. The molecule has 242 valence electrons. The highest BCUT2D eigenvalue weighted by molar-refractivity contribution is 8.14. The largest absolute Gasteiger partial charge is 0.481 e. The van der Waals surface area contributed by atoms with E-state index in [2.05, 4.69) is 5.43 Å². The molecule has 2 heterocycles. The molecule has 2 aromatic carbocycles. The minimum Gasteiger partial charge on any atom is -0.481 e. The molecule has 2 aromatic rings. The maximum Gasteiger partial charge on any atom is 0.416 e. The van der Waals surface area contributed by atoms with Crippen molar-refractivity contribution < 1.29 is 50.6 Å². The number of halogens is 6. The summed E-state index contributed by atoms with van der Waals surface area (Å²) in [7, 11) is 2.82. The molecule has 0 bridgehead atoms. The Bertz CT molecular complexity index is 1550. The molecule has 2 aliphatic heterocycles. The van der Waals surface area contributed by atoms with E-state index >= 15 is 0 Å². The molecule has 0 aromatic heterocycles. The Balaban J connectivity index is 1.73. The fourth-order valence-corrected chi connectivity index (χ4v) is 6.67. The van der Waals surface area contributed by atoms with Crippen molar-refractivity contribution in [3.8, 4) is 0 Å². The Labute approximate surface area is 257 Å². The summed E-state index contributed by atoms with van der Waals surface area (Å²) in [6, 6.07) is 6.40. The number of benzene rings is 2. The summed E-state index contributed by atoms with van der Waals surface area (Å²) in [5.41, 5.74) is 4.54. The van der Waals surface area contributed by atoms with Gasteiger partial charge < -0.3 is 15.7 Å². The number of carbonyl (C=O) groups is 4.